The summed E-state index contributed by atoms with van der Waals surface area (Å²) in [4.78, 5) is 35.0. The number of anilines is 1. The monoisotopic (exact) mass is 396 g/mol. The third-order valence-electron chi connectivity index (χ3n) is 3.91. The standard InChI is InChI=1S/C18H24N2O4S2/c1-19-18(23)13-6-8-14(9-7-13)20-16(21)12-24-17(22)5-3-2-4-15-10-11-25-26-15/h6-9,15H,2-5,10-12H2,1H3,(H,19,23)(H,20,21)/t15-/m1/s1. The van der Waals surface area contributed by atoms with Crippen LogP contribution in [0.4, 0.5) is 5.69 Å². The first-order valence-electron chi connectivity index (χ1n) is 8.64. The Morgan fingerprint density at radius 2 is 1.96 bits per heavy atom. The molecule has 2 rings (SSSR count). The van der Waals surface area contributed by atoms with Crippen LogP contribution in [0.15, 0.2) is 24.3 Å². The molecule has 0 spiro atoms. The SMILES string of the molecule is CNC(=O)c1ccc(NC(=O)COC(=O)CCCC[C@@H]2CCSS2)cc1. The summed E-state index contributed by atoms with van der Waals surface area (Å²) >= 11 is 0. The van der Waals surface area contributed by atoms with Gasteiger partial charge >= 0.3 is 5.97 Å². The fourth-order valence-electron chi connectivity index (χ4n) is 2.47. The molecule has 1 atom stereocenters. The Labute approximate surface area is 161 Å². The van der Waals surface area contributed by atoms with E-state index in [-0.39, 0.29) is 18.5 Å². The number of ether oxygens (including phenoxy) is 1. The van der Waals surface area contributed by atoms with Crippen LogP contribution in [-0.2, 0) is 14.3 Å². The van der Waals surface area contributed by atoms with Crippen LogP contribution in [0.5, 0.6) is 0 Å². The highest BCUT2D eigenvalue weighted by Gasteiger charge is 2.16. The molecule has 0 saturated carbocycles. The van der Waals surface area contributed by atoms with E-state index in [0.717, 1.165) is 24.5 Å². The maximum absolute atomic E-state index is 11.8. The number of hydrogen-bond acceptors (Lipinski definition) is 6. The minimum Gasteiger partial charge on any atom is -0.456 e. The highest BCUT2D eigenvalue weighted by Crippen LogP contribution is 2.39. The van der Waals surface area contributed by atoms with Gasteiger partial charge in [0.25, 0.3) is 11.8 Å². The summed E-state index contributed by atoms with van der Waals surface area (Å²) in [6.45, 7) is -0.300. The lowest BCUT2D eigenvalue weighted by atomic mass is 10.1. The van der Waals surface area contributed by atoms with Gasteiger partial charge in [-0.25, -0.2) is 0 Å². The van der Waals surface area contributed by atoms with E-state index in [9.17, 15) is 14.4 Å². The lowest BCUT2D eigenvalue weighted by molar-refractivity contribution is -0.147. The Morgan fingerprint density at radius 3 is 2.62 bits per heavy atom. The van der Waals surface area contributed by atoms with Crippen molar-refractivity contribution in [2.24, 2.45) is 0 Å². The third kappa shape index (κ3) is 7.29. The van der Waals surface area contributed by atoms with Crippen LogP contribution in [0.3, 0.4) is 0 Å². The quantitative estimate of drug-likeness (QED) is 0.379. The van der Waals surface area contributed by atoms with Crippen LogP contribution in [-0.4, -0.2) is 42.4 Å². The average Bonchev–Trinajstić information content (AvgIpc) is 3.17. The smallest absolute Gasteiger partial charge is 0.306 e. The molecule has 0 bridgehead atoms. The van der Waals surface area contributed by atoms with Gasteiger partial charge in [-0.2, -0.15) is 0 Å². The van der Waals surface area contributed by atoms with Crippen molar-refractivity contribution in [2.45, 2.75) is 37.4 Å². The van der Waals surface area contributed by atoms with Crippen molar-refractivity contribution < 1.29 is 19.1 Å². The summed E-state index contributed by atoms with van der Waals surface area (Å²) in [6.07, 6.45) is 4.54. The number of nitrogens with one attached hydrogen (secondary N) is 2. The fourth-order valence-corrected chi connectivity index (χ4v) is 5.50. The van der Waals surface area contributed by atoms with E-state index < -0.39 is 5.91 Å². The van der Waals surface area contributed by atoms with E-state index in [1.165, 1.54) is 12.2 Å². The van der Waals surface area contributed by atoms with Crippen molar-refractivity contribution in [1.82, 2.24) is 5.32 Å². The molecule has 0 aliphatic carbocycles. The van der Waals surface area contributed by atoms with Gasteiger partial charge in [-0.1, -0.05) is 28.0 Å². The summed E-state index contributed by atoms with van der Waals surface area (Å²) in [6, 6.07) is 6.48. The summed E-state index contributed by atoms with van der Waals surface area (Å²) in [7, 11) is 5.42. The minimum atomic E-state index is -0.398. The predicted molar refractivity (Wildman–Crippen MR) is 106 cm³/mol. The molecule has 8 heteroatoms. The van der Waals surface area contributed by atoms with Gasteiger partial charge in [0.1, 0.15) is 0 Å². The minimum absolute atomic E-state index is 0.193. The second-order valence-electron chi connectivity index (χ2n) is 5.94. The summed E-state index contributed by atoms with van der Waals surface area (Å²) in [5.41, 5.74) is 1.05. The predicted octanol–water partition coefficient (Wildman–Crippen LogP) is 3.24. The number of esters is 1. The molecular formula is C18H24N2O4S2. The number of rotatable bonds is 9. The highest BCUT2D eigenvalue weighted by atomic mass is 33.1. The molecule has 1 aromatic rings. The Morgan fingerprint density at radius 1 is 1.19 bits per heavy atom. The van der Waals surface area contributed by atoms with E-state index >= 15 is 0 Å². The molecule has 0 aromatic heterocycles. The highest BCUT2D eigenvalue weighted by molar-refractivity contribution is 8.77. The molecule has 1 saturated heterocycles. The number of benzene rings is 1. The Bertz CT molecular complexity index is 616. The maximum Gasteiger partial charge on any atom is 0.306 e. The van der Waals surface area contributed by atoms with Crippen LogP contribution in [0, 0.1) is 0 Å². The van der Waals surface area contributed by atoms with Gasteiger partial charge in [0.15, 0.2) is 6.61 Å². The molecule has 142 valence electrons. The van der Waals surface area contributed by atoms with Gasteiger partial charge in [0, 0.05) is 35.7 Å². The molecule has 0 unspecified atom stereocenters. The Kier molecular flexibility index (Phi) is 8.84. The van der Waals surface area contributed by atoms with Crippen LogP contribution < -0.4 is 10.6 Å². The van der Waals surface area contributed by atoms with Crippen molar-refractivity contribution in [3.63, 3.8) is 0 Å². The zero-order valence-corrected chi connectivity index (χ0v) is 16.4. The lowest BCUT2D eigenvalue weighted by Crippen LogP contribution is -2.21. The van der Waals surface area contributed by atoms with Gasteiger partial charge in [-0.15, -0.1) is 0 Å². The molecule has 1 fully saturated rings. The zero-order chi connectivity index (χ0) is 18.8. The molecule has 1 aliphatic heterocycles. The fraction of sp³-hybridized carbons (Fsp3) is 0.500. The first-order chi connectivity index (χ1) is 12.6. The van der Waals surface area contributed by atoms with Gasteiger partial charge in [-0.05, 0) is 43.5 Å². The van der Waals surface area contributed by atoms with E-state index in [1.54, 1.807) is 31.3 Å². The molecular weight excluding hydrogens is 372 g/mol. The van der Waals surface area contributed by atoms with E-state index in [0.29, 0.717) is 17.7 Å². The van der Waals surface area contributed by atoms with Gasteiger partial charge in [-0.3, -0.25) is 14.4 Å². The van der Waals surface area contributed by atoms with Crippen LogP contribution in [0.1, 0.15) is 42.5 Å². The molecule has 2 amide bonds. The molecule has 1 aliphatic rings. The number of carbonyl (C=O) groups excluding carboxylic acids is 3. The topological polar surface area (TPSA) is 84.5 Å². The van der Waals surface area contributed by atoms with Gasteiger partial charge < -0.3 is 15.4 Å². The summed E-state index contributed by atoms with van der Waals surface area (Å²) in [5, 5.41) is 5.88. The third-order valence-corrected chi connectivity index (χ3v) is 6.91. The lowest BCUT2D eigenvalue weighted by Gasteiger charge is -2.08. The molecule has 1 heterocycles. The Hall–Kier alpha value is -1.67. The second-order valence-corrected chi connectivity index (χ2v) is 8.73. The van der Waals surface area contributed by atoms with Crippen LogP contribution in [0.25, 0.3) is 0 Å². The zero-order valence-electron chi connectivity index (χ0n) is 14.8. The molecule has 0 radical (unpaired) electrons. The number of amides is 2. The van der Waals surface area contributed by atoms with Crippen molar-refractivity contribution in [1.29, 1.82) is 0 Å². The van der Waals surface area contributed by atoms with Crippen LogP contribution in [0.2, 0.25) is 0 Å². The largest absolute Gasteiger partial charge is 0.456 e. The maximum atomic E-state index is 11.8. The molecule has 2 N–H and O–H groups in total. The van der Waals surface area contributed by atoms with Crippen molar-refractivity contribution in [3.05, 3.63) is 29.8 Å². The van der Waals surface area contributed by atoms with Crippen molar-refractivity contribution in [2.75, 3.05) is 24.7 Å². The van der Waals surface area contributed by atoms with Gasteiger partial charge in [0.2, 0.25) is 0 Å². The number of hydrogen-bond donors (Lipinski definition) is 2. The van der Waals surface area contributed by atoms with E-state index in [4.69, 9.17) is 4.74 Å². The second kappa shape index (κ2) is 11.1. The van der Waals surface area contributed by atoms with Gasteiger partial charge in [0.05, 0.1) is 0 Å². The first kappa shape index (κ1) is 20.6. The van der Waals surface area contributed by atoms with E-state index in [1.807, 2.05) is 21.6 Å². The normalized spacial score (nSPS) is 16.1. The Balaban J connectivity index is 1.60. The summed E-state index contributed by atoms with van der Waals surface area (Å²) < 4.78 is 5.00. The number of unbranched alkanes of at least 4 members (excludes halogenated alkanes) is 1. The molecule has 1 aromatic carbocycles. The molecule has 26 heavy (non-hydrogen) atoms. The summed E-state index contributed by atoms with van der Waals surface area (Å²) in [5.74, 6) is 0.289. The van der Waals surface area contributed by atoms with Crippen LogP contribution >= 0.6 is 21.6 Å². The molecule has 6 nitrogen and oxygen atoms in total. The number of carbonyl (C=O) groups is 3. The van der Waals surface area contributed by atoms with E-state index in [2.05, 4.69) is 10.6 Å². The van der Waals surface area contributed by atoms with Crippen molar-refractivity contribution in [3.8, 4) is 0 Å². The van der Waals surface area contributed by atoms with Crippen molar-refractivity contribution >= 4 is 45.1 Å². The first-order valence-corrected chi connectivity index (χ1v) is 11.0. The average molecular weight is 397 g/mol.